The molecule has 0 bridgehead atoms. The topological polar surface area (TPSA) is 65.2 Å². The minimum absolute atomic E-state index is 0.334. The summed E-state index contributed by atoms with van der Waals surface area (Å²) in [7, 11) is -4.97. The predicted octanol–water partition coefficient (Wildman–Crippen LogP) is 1.32. The fourth-order valence-electron chi connectivity index (χ4n) is 1.56. The van der Waals surface area contributed by atoms with Crippen molar-refractivity contribution >= 4 is 20.9 Å². The number of fused-ring (bicyclic) bond motifs is 1. The molecule has 1 aromatic heterocycles. The van der Waals surface area contributed by atoms with Gasteiger partial charge >= 0.3 is 0 Å². The van der Waals surface area contributed by atoms with Gasteiger partial charge in [-0.25, -0.2) is 13.1 Å². The van der Waals surface area contributed by atoms with Crippen molar-refractivity contribution in [3.63, 3.8) is 0 Å². The van der Waals surface area contributed by atoms with Crippen molar-refractivity contribution in [2.75, 3.05) is 27.4 Å². The number of aryl methyl sites for hydroxylation is 1. The van der Waals surface area contributed by atoms with Gasteiger partial charge < -0.3 is 9.88 Å². The van der Waals surface area contributed by atoms with Crippen LogP contribution in [0.5, 0.6) is 0 Å². The van der Waals surface area contributed by atoms with Gasteiger partial charge in [0.2, 0.25) is 10.0 Å². The zero-order chi connectivity index (χ0) is 28.4. The van der Waals surface area contributed by atoms with Crippen molar-refractivity contribution in [2.45, 2.75) is 12.2 Å². The highest BCUT2D eigenvalue weighted by Crippen LogP contribution is 2.21. The molecule has 0 saturated carbocycles. The largest absolute Gasteiger partial charge is 0.361 e. The molecule has 0 unspecified atom stereocenters. The molecule has 0 fully saturated rings. The lowest BCUT2D eigenvalue weighted by Crippen LogP contribution is -2.20. The molecule has 110 valence electrons. The molecule has 0 saturated heterocycles. The molecule has 5 nitrogen and oxygen atoms in total. The van der Waals surface area contributed by atoms with Crippen LogP contribution in [0.2, 0.25) is 2.82 Å². The predicted molar refractivity (Wildman–Crippen MR) is 82.2 cm³/mol. The van der Waals surface area contributed by atoms with Crippen molar-refractivity contribution in [1.29, 1.82) is 0 Å². The van der Waals surface area contributed by atoms with Gasteiger partial charge in [-0.1, -0.05) is 6.04 Å². The SMILES string of the molecule is [2H]c1c(CS(=O)(=O)N([2H])C([2H])([2H])[2H])c([2H])c2c(CC([2H])([2H])N(C([2H])([2H])[2H])C([2H])([2H])[2H])cn([2H])c2c1[2H]. The Morgan fingerprint density at radius 1 is 1.60 bits per heavy atom. The van der Waals surface area contributed by atoms with Crippen LogP contribution in [0.3, 0.4) is 0 Å². The van der Waals surface area contributed by atoms with Crippen LogP contribution in [-0.2, 0) is 22.2 Å². The van der Waals surface area contributed by atoms with Gasteiger partial charge in [0.05, 0.1) is 9.87 Å². The molecule has 20 heavy (non-hydrogen) atoms. The number of benzene rings is 1. The molecule has 6 heteroatoms. The van der Waals surface area contributed by atoms with Crippen molar-refractivity contribution < 1.29 is 30.4 Å². The third-order valence-corrected chi connectivity index (χ3v) is 3.34. The average molecular weight is 312 g/mol. The monoisotopic (exact) mass is 311 g/mol. The van der Waals surface area contributed by atoms with Crippen LogP contribution < -0.4 is 4.72 Å². The molecule has 2 N–H and O–H groups in total. The third kappa shape index (κ3) is 3.59. The van der Waals surface area contributed by atoms with Gasteiger partial charge in [0.25, 0.3) is 0 Å². The number of nitrogens with zero attached hydrogens (tertiary/aromatic N) is 1. The molecule has 0 aliphatic rings. The second-order valence-electron chi connectivity index (χ2n) is 3.85. The minimum atomic E-state index is -4.97. The summed E-state index contributed by atoms with van der Waals surface area (Å²) in [6, 6.07) is -2.44. The summed E-state index contributed by atoms with van der Waals surface area (Å²) >= 11 is 0. The lowest BCUT2D eigenvalue weighted by atomic mass is 10.1. The normalized spacial score (nSPS) is 26.9. The molecule has 1 aromatic carbocycles. The summed E-state index contributed by atoms with van der Waals surface area (Å²) in [4.78, 5) is 0.134. The maximum Gasteiger partial charge on any atom is 0.215 e. The number of hydrogen-bond acceptors (Lipinski definition) is 3. The smallest absolute Gasteiger partial charge is 0.215 e. The van der Waals surface area contributed by atoms with E-state index in [2.05, 4.69) is 0 Å². The second kappa shape index (κ2) is 5.95. The maximum atomic E-state index is 12.4. The molecule has 0 aliphatic heterocycles. The number of sulfonamides is 1. The lowest BCUT2D eigenvalue weighted by Gasteiger charge is -2.08. The van der Waals surface area contributed by atoms with Crippen LogP contribution in [0.25, 0.3) is 10.9 Å². The first-order chi connectivity index (χ1) is 15.8. The van der Waals surface area contributed by atoms with Crippen LogP contribution in [0.1, 0.15) is 30.3 Å². The fraction of sp³-hybridized carbons (Fsp3) is 0.429. The molecule has 2 aromatic rings. The zero-order valence-electron chi connectivity index (χ0n) is 26.1. The lowest BCUT2D eigenvalue weighted by molar-refractivity contribution is 0.414. The van der Waals surface area contributed by atoms with Crippen LogP contribution in [0, 0.1) is 0 Å². The first-order valence-electron chi connectivity index (χ1n) is 13.2. The second-order valence-corrected chi connectivity index (χ2v) is 5.48. The van der Waals surface area contributed by atoms with Gasteiger partial charge in [-0.2, -0.15) is 0 Å². The van der Waals surface area contributed by atoms with Crippen LogP contribution in [0.4, 0.5) is 0 Å². The Kier molecular flexibility index (Phi) is 1.36. The number of H-pyrrole nitrogens is 1. The fourth-order valence-corrected chi connectivity index (χ4v) is 2.13. The van der Waals surface area contributed by atoms with E-state index in [-0.39, 0.29) is 10.5 Å². The van der Waals surface area contributed by atoms with Crippen molar-refractivity contribution in [3.05, 3.63) is 35.5 Å². The summed E-state index contributed by atoms with van der Waals surface area (Å²) < 4.78 is 147. The molecule has 2 rings (SSSR count). The van der Waals surface area contributed by atoms with Crippen molar-refractivity contribution in [2.24, 2.45) is 0 Å². The number of aromatic amines is 1. The van der Waals surface area contributed by atoms with Crippen LogP contribution in [-0.4, -0.2) is 45.7 Å². The molecule has 1 heterocycles. The van der Waals surface area contributed by atoms with Crippen LogP contribution >= 0.6 is 0 Å². The van der Waals surface area contributed by atoms with Gasteiger partial charge in [-0.05, 0) is 50.6 Å². The van der Waals surface area contributed by atoms with E-state index in [0.717, 1.165) is 6.20 Å². The summed E-state index contributed by atoms with van der Waals surface area (Å²) in [6.45, 7) is -13.4. The van der Waals surface area contributed by atoms with Crippen LogP contribution in [0.15, 0.2) is 24.3 Å². The van der Waals surface area contributed by atoms with Gasteiger partial charge in [-0.3, -0.25) is 0 Å². The summed E-state index contributed by atoms with van der Waals surface area (Å²) in [6.07, 6.45) is -0.159. The first-order valence-corrected chi connectivity index (χ1v) is 6.89. The van der Waals surface area contributed by atoms with Gasteiger partial charge in [0.15, 0.2) is 1.41 Å². The number of hydrogen-bond donors (Lipinski definition) is 2. The summed E-state index contributed by atoms with van der Waals surface area (Å²) in [5, 5.41) is -0.429. The van der Waals surface area contributed by atoms with E-state index in [1.165, 1.54) is 0 Å². The van der Waals surface area contributed by atoms with E-state index >= 15 is 0 Å². The number of rotatable bonds is 6. The van der Waals surface area contributed by atoms with E-state index in [1.54, 1.807) is 0 Å². The quantitative estimate of drug-likeness (QED) is 0.845. The zero-order valence-corrected chi connectivity index (χ0v) is 10.9. The Morgan fingerprint density at radius 2 is 2.45 bits per heavy atom. The Balaban J connectivity index is 2.77. The molecular formula is C14H21N3O2S. The summed E-state index contributed by atoms with van der Waals surface area (Å²) in [5.74, 6) is -1.36. The molecule has 0 spiro atoms. The van der Waals surface area contributed by atoms with E-state index in [0.29, 0.717) is 4.98 Å². The average Bonchev–Trinajstić information content (AvgIpc) is 2.94. The van der Waals surface area contributed by atoms with E-state index < -0.39 is 88.9 Å². The minimum Gasteiger partial charge on any atom is -0.361 e. The Bertz CT molecular complexity index is 1250. The number of likely N-dealkylation sites (N-methyl/N-ethyl adjacent to an activating group) is 1. The molecule has 0 amide bonds. The highest BCUT2D eigenvalue weighted by molar-refractivity contribution is 7.88. The molecule has 0 atom stereocenters. The van der Waals surface area contributed by atoms with E-state index in [9.17, 15) is 8.42 Å². The molecular weight excluding hydrogens is 274 g/mol. The first kappa shape index (κ1) is 4.56. The van der Waals surface area contributed by atoms with Gasteiger partial charge in [0.1, 0.15) is 1.41 Å². The number of aromatic nitrogens is 1. The van der Waals surface area contributed by atoms with Crippen molar-refractivity contribution in [3.8, 4) is 0 Å². The van der Waals surface area contributed by atoms with E-state index in [1.807, 2.05) is 0 Å². The summed E-state index contributed by atoms with van der Waals surface area (Å²) in [5.41, 5.74) is -1.49. The van der Waals surface area contributed by atoms with Gasteiger partial charge in [-0.15, -0.1) is 0 Å². The third-order valence-electron chi connectivity index (χ3n) is 2.41. The van der Waals surface area contributed by atoms with Gasteiger partial charge in [0, 0.05) is 38.7 Å². The molecule has 0 radical (unpaired) electrons. The highest BCUT2D eigenvalue weighted by atomic mass is 32.2. The standard InChI is InChI=1S/C14H21N3O2S/c1-15-20(18,19)10-11-4-5-14-13(8-11)12(9-16-14)6-7-17(2)3/h4-5,8-9,15-16H,6-7,10H2,1-3H3/i1D3,2D3,3D3,4D,5D,7D2,8D/hD2. The Labute approximate surface area is 142 Å². The Hall–Kier alpha value is -1.37. The number of nitrogens with one attached hydrogen (secondary N) is 2. The maximum absolute atomic E-state index is 12.4. The highest BCUT2D eigenvalue weighted by Gasteiger charge is 2.11. The Morgan fingerprint density at radius 3 is 3.20 bits per heavy atom. The molecule has 0 aliphatic carbocycles. The van der Waals surface area contributed by atoms with Crippen molar-refractivity contribution in [1.82, 2.24) is 14.6 Å². The van der Waals surface area contributed by atoms with E-state index in [4.69, 9.17) is 22.0 Å².